The quantitative estimate of drug-likeness (QED) is 0.528. The van der Waals surface area contributed by atoms with Gasteiger partial charge in [0.15, 0.2) is 0 Å². The molecule has 0 atom stereocenters. The lowest BCUT2D eigenvalue weighted by atomic mass is 10.1. The van der Waals surface area contributed by atoms with Gasteiger partial charge in [0, 0.05) is 13.0 Å². The molecule has 0 aliphatic carbocycles. The van der Waals surface area contributed by atoms with Crippen molar-refractivity contribution in [2.75, 3.05) is 12.3 Å². The zero-order valence-corrected chi connectivity index (χ0v) is 13.0. The summed E-state index contributed by atoms with van der Waals surface area (Å²) < 4.78 is 25.8. The molecule has 0 saturated carbocycles. The van der Waals surface area contributed by atoms with E-state index in [4.69, 9.17) is 5.26 Å². The molecule has 0 bridgehead atoms. The Morgan fingerprint density at radius 2 is 1.58 bits per heavy atom. The highest BCUT2D eigenvalue weighted by Crippen LogP contribution is 2.06. The molecule has 0 fully saturated rings. The molecular weight excluding hydrogens is 260 g/mol. The second kappa shape index (κ2) is 12.4. The van der Waals surface area contributed by atoms with Gasteiger partial charge in [-0.15, -0.1) is 0 Å². The third-order valence-corrected chi connectivity index (χ3v) is 4.52. The van der Waals surface area contributed by atoms with Crippen molar-refractivity contribution in [2.45, 2.75) is 71.1 Å². The summed E-state index contributed by atoms with van der Waals surface area (Å²) in [7, 11) is -3.04. The molecule has 0 amide bonds. The summed E-state index contributed by atoms with van der Waals surface area (Å²) in [6.45, 7) is 2.63. The van der Waals surface area contributed by atoms with E-state index in [1.54, 1.807) is 0 Å². The van der Waals surface area contributed by atoms with E-state index in [0.717, 1.165) is 57.8 Å². The van der Waals surface area contributed by atoms with Crippen LogP contribution in [0.15, 0.2) is 0 Å². The molecule has 4 nitrogen and oxygen atoms in total. The topological polar surface area (TPSA) is 70.0 Å². The van der Waals surface area contributed by atoms with Gasteiger partial charge in [0.1, 0.15) is 0 Å². The van der Waals surface area contributed by atoms with Crippen LogP contribution in [0.2, 0.25) is 0 Å². The third-order valence-electron chi connectivity index (χ3n) is 3.05. The number of unbranched alkanes of at least 4 members (excludes halogenated alkanes) is 8. The van der Waals surface area contributed by atoms with Crippen molar-refractivity contribution in [1.82, 2.24) is 4.72 Å². The lowest BCUT2D eigenvalue weighted by Gasteiger charge is -2.06. The van der Waals surface area contributed by atoms with Gasteiger partial charge in [0.05, 0.1) is 11.8 Å². The van der Waals surface area contributed by atoms with E-state index < -0.39 is 10.0 Å². The van der Waals surface area contributed by atoms with Crippen LogP contribution in [0.3, 0.4) is 0 Å². The first-order chi connectivity index (χ1) is 9.12. The van der Waals surface area contributed by atoms with E-state index in [1.807, 2.05) is 0 Å². The van der Waals surface area contributed by atoms with E-state index in [2.05, 4.69) is 17.7 Å². The Kier molecular flexibility index (Phi) is 12.0. The van der Waals surface area contributed by atoms with Crippen molar-refractivity contribution < 1.29 is 8.42 Å². The van der Waals surface area contributed by atoms with Crippen LogP contribution >= 0.6 is 0 Å². The Morgan fingerprint density at radius 3 is 2.21 bits per heavy atom. The normalized spacial score (nSPS) is 11.4. The number of hydrogen-bond acceptors (Lipinski definition) is 3. The first-order valence-corrected chi connectivity index (χ1v) is 9.12. The van der Waals surface area contributed by atoms with Gasteiger partial charge >= 0.3 is 0 Å². The maximum Gasteiger partial charge on any atom is 0.211 e. The maximum atomic E-state index is 11.6. The predicted octanol–water partition coefficient (Wildman–Crippen LogP) is 3.35. The molecule has 0 aromatic heterocycles. The van der Waals surface area contributed by atoms with Crippen LogP contribution in [0.1, 0.15) is 71.1 Å². The molecule has 0 aromatic carbocycles. The molecule has 0 heterocycles. The molecule has 1 N–H and O–H groups in total. The van der Waals surface area contributed by atoms with Crippen LogP contribution < -0.4 is 4.72 Å². The van der Waals surface area contributed by atoms with Crippen molar-refractivity contribution in [3.63, 3.8) is 0 Å². The lowest BCUT2D eigenvalue weighted by Crippen LogP contribution is -2.27. The van der Waals surface area contributed by atoms with Crippen LogP contribution in [0.25, 0.3) is 0 Å². The average molecular weight is 288 g/mol. The Balaban J connectivity index is 3.36. The van der Waals surface area contributed by atoms with E-state index in [0.29, 0.717) is 13.0 Å². The monoisotopic (exact) mass is 288 g/mol. The van der Waals surface area contributed by atoms with Crippen LogP contribution in [0.5, 0.6) is 0 Å². The molecule has 0 aliphatic heterocycles. The van der Waals surface area contributed by atoms with E-state index in [-0.39, 0.29) is 5.75 Å². The molecule has 112 valence electrons. The Morgan fingerprint density at radius 1 is 0.947 bits per heavy atom. The first kappa shape index (κ1) is 18.4. The van der Waals surface area contributed by atoms with Crippen LogP contribution in [-0.4, -0.2) is 20.7 Å². The third kappa shape index (κ3) is 13.6. The molecule has 0 spiro atoms. The minimum absolute atomic E-state index is 0.259. The number of nitrogens with one attached hydrogen (secondary N) is 1. The number of nitrogens with zero attached hydrogens (tertiary/aromatic N) is 1. The number of nitriles is 1. The summed E-state index contributed by atoms with van der Waals surface area (Å²) in [6.07, 6.45) is 9.76. The minimum Gasteiger partial charge on any atom is -0.215 e. The summed E-state index contributed by atoms with van der Waals surface area (Å²) in [5.41, 5.74) is 0. The average Bonchev–Trinajstić information content (AvgIpc) is 2.37. The Labute approximate surface area is 118 Å². The van der Waals surface area contributed by atoms with Crippen molar-refractivity contribution in [2.24, 2.45) is 0 Å². The highest BCUT2D eigenvalue weighted by Gasteiger charge is 2.07. The van der Waals surface area contributed by atoms with Gasteiger partial charge in [0.2, 0.25) is 10.0 Å². The minimum atomic E-state index is -3.04. The van der Waals surface area contributed by atoms with Gasteiger partial charge in [-0.05, 0) is 19.3 Å². The fourth-order valence-corrected chi connectivity index (χ4v) is 3.06. The highest BCUT2D eigenvalue weighted by molar-refractivity contribution is 7.89. The molecule has 19 heavy (non-hydrogen) atoms. The molecular formula is C14H28N2O2S. The number of rotatable bonds is 13. The van der Waals surface area contributed by atoms with Gasteiger partial charge < -0.3 is 0 Å². The fourth-order valence-electron chi connectivity index (χ4n) is 1.88. The van der Waals surface area contributed by atoms with Crippen molar-refractivity contribution in [3.8, 4) is 6.07 Å². The summed E-state index contributed by atoms with van der Waals surface area (Å²) in [5.74, 6) is 0.259. The van der Waals surface area contributed by atoms with Gasteiger partial charge in [0.25, 0.3) is 0 Å². The zero-order chi connectivity index (χ0) is 14.4. The smallest absolute Gasteiger partial charge is 0.211 e. The van der Waals surface area contributed by atoms with Gasteiger partial charge in [-0.2, -0.15) is 5.26 Å². The van der Waals surface area contributed by atoms with Crippen LogP contribution in [0.4, 0.5) is 0 Å². The van der Waals surface area contributed by atoms with Crippen molar-refractivity contribution in [3.05, 3.63) is 0 Å². The van der Waals surface area contributed by atoms with Gasteiger partial charge in [-0.3, -0.25) is 0 Å². The van der Waals surface area contributed by atoms with E-state index in [9.17, 15) is 8.42 Å². The summed E-state index contributed by atoms with van der Waals surface area (Å²) >= 11 is 0. The van der Waals surface area contributed by atoms with Crippen LogP contribution in [0, 0.1) is 11.3 Å². The SMILES string of the molecule is CCCCCS(=O)(=O)NCCCCCCCCC#N. The highest BCUT2D eigenvalue weighted by atomic mass is 32.2. The Bertz CT molecular complexity index is 334. The summed E-state index contributed by atoms with van der Waals surface area (Å²) in [4.78, 5) is 0. The largest absolute Gasteiger partial charge is 0.215 e. The molecule has 5 heteroatoms. The standard InChI is InChI=1S/C14H28N2O2S/c1-2-3-11-14-19(17,18)16-13-10-8-6-4-5-7-9-12-15/h16H,2-11,13-14H2,1H3. The molecule has 0 aliphatic rings. The first-order valence-electron chi connectivity index (χ1n) is 7.46. The second-order valence-corrected chi connectivity index (χ2v) is 6.88. The summed E-state index contributed by atoms with van der Waals surface area (Å²) in [5, 5.41) is 8.38. The molecule has 0 unspecified atom stereocenters. The molecule has 0 aromatic rings. The lowest BCUT2D eigenvalue weighted by molar-refractivity contribution is 0.562. The zero-order valence-electron chi connectivity index (χ0n) is 12.2. The van der Waals surface area contributed by atoms with Crippen molar-refractivity contribution >= 4 is 10.0 Å². The van der Waals surface area contributed by atoms with Crippen LogP contribution in [-0.2, 0) is 10.0 Å². The Hall–Kier alpha value is -0.600. The summed E-state index contributed by atoms with van der Waals surface area (Å²) in [6, 6.07) is 2.14. The maximum absolute atomic E-state index is 11.6. The molecule has 0 rings (SSSR count). The predicted molar refractivity (Wildman–Crippen MR) is 79.2 cm³/mol. The molecule has 0 saturated heterocycles. The number of sulfonamides is 1. The molecule has 0 radical (unpaired) electrons. The number of hydrogen-bond donors (Lipinski definition) is 1. The fraction of sp³-hybridized carbons (Fsp3) is 0.929. The van der Waals surface area contributed by atoms with E-state index in [1.165, 1.54) is 0 Å². The van der Waals surface area contributed by atoms with Gasteiger partial charge in [-0.1, -0.05) is 45.4 Å². The van der Waals surface area contributed by atoms with E-state index >= 15 is 0 Å². The van der Waals surface area contributed by atoms with Crippen molar-refractivity contribution in [1.29, 1.82) is 5.26 Å². The second-order valence-electron chi connectivity index (χ2n) is 4.95. The van der Waals surface area contributed by atoms with Gasteiger partial charge in [-0.25, -0.2) is 13.1 Å².